The fourth-order valence-electron chi connectivity index (χ4n) is 4.44. The van der Waals surface area contributed by atoms with Crippen LogP contribution in [-0.2, 0) is 32.7 Å². The first-order valence-corrected chi connectivity index (χ1v) is 13.8. The number of phosphoric ester groups is 1. The first kappa shape index (κ1) is 34.3. The number of rotatable bonds is 12. The number of azide groups is 1. The molecule has 23 heteroatoms. The third-order valence-corrected chi connectivity index (χ3v) is 7.46. The lowest BCUT2D eigenvalue weighted by Crippen LogP contribution is -2.67. The van der Waals surface area contributed by atoms with E-state index in [0.717, 1.165) is 17.7 Å². The fourth-order valence-corrected chi connectivity index (χ4v) is 5.39. The lowest BCUT2D eigenvalue weighted by atomic mass is 9.88. The zero-order chi connectivity index (χ0) is 32.3. The molecule has 0 spiro atoms. The van der Waals surface area contributed by atoms with Crippen molar-refractivity contribution in [3.8, 4) is 0 Å². The second-order valence-corrected chi connectivity index (χ2v) is 10.9. The van der Waals surface area contributed by atoms with Crippen molar-refractivity contribution in [2.24, 2.45) is 5.11 Å². The molecule has 0 saturated carbocycles. The number of hydrogen-bond acceptors (Lipinski definition) is 16. The summed E-state index contributed by atoms with van der Waals surface area (Å²) in [6.07, 6.45) is -14.7. The molecule has 3 heterocycles. The Hall–Kier alpha value is -3.24. The van der Waals surface area contributed by atoms with Crippen LogP contribution in [0.1, 0.15) is 19.6 Å². The van der Waals surface area contributed by atoms with Gasteiger partial charge < -0.3 is 56.1 Å². The van der Waals surface area contributed by atoms with E-state index in [0.29, 0.717) is 0 Å². The number of aliphatic carboxylic acids is 1. The van der Waals surface area contributed by atoms with Crippen LogP contribution in [0.4, 0.5) is 5.82 Å². The summed E-state index contributed by atoms with van der Waals surface area (Å²) in [6.45, 7) is -0.763. The molecule has 240 valence electrons. The molecule has 11 unspecified atom stereocenters. The number of nitrogens with two attached hydrogens (primary N) is 1. The first-order valence-electron chi connectivity index (χ1n) is 12.3. The first-order chi connectivity index (χ1) is 20.0. The van der Waals surface area contributed by atoms with E-state index in [2.05, 4.69) is 20.3 Å². The van der Waals surface area contributed by atoms with Crippen molar-refractivity contribution in [2.75, 3.05) is 18.9 Å². The number of nitrogen functional groups attached to an aromatic ring is 1. The van der Waals surface area contributed by atoms with E-state index in [1.165, 1.54) is 6.07 Å². The largest absolute Gasteiger partial charge is 0.477 e. The summed E-state index contributed by atoms with van der Waals surface area (Å²) in [7, 11) is -5.54. The van der Waals surface area contributed by atoms with Gasteiger partial charge in [-0.3, -0.25) is 13.9 Å². The molecule has 3 rings (SSSR count). The number of hydrogen-bond donors (Lipinski definition) is 9. The number of anilines is 1. The van der Waals surface area contributed by atoms with Gasteiger partial charge in [-0.25, -0.2) is 18.7 Å². The monoisotopic (exact) mass is 639 g/mol. The molecule has 2 aliphatic rings. The van der Waals surface area contributed by atoms with Crippen LogP contribution in [-0.4, -0.2) is 125 Å². The van der Waals surface area contributed by atoms with Crippen molar-refractivity contribution in [1.82, 2.24) is 14.9 Å². The van der Waals surface area contributed by atoms with Crippen molar-refractivity contribution in [3.05, 3.63) is 33.2 Å². The standard InChI is InChI=1S/C20H30N7O15P/c1-7(28)24-12-8(29)4-20(18(34)35,41-16(12)13(31)9(30)5-23-26-22)42-43(37,38)39-6-10-14(32)15(33)17(40-10)27-3-2-11(21)25-19(27)36/h2-3,8-10,12-17,29-33H,4-6H2,1H3,(H,24,28)(H,34,35)(H,37,38)(H2,21,25,36). The molecule has 1 aromatic heterocycles. The van der Waals surface area contributed by atoms with Gasteiger partial charge in [-0.1, -0.05) is 5.11 Å². The summed E-state index contributed by atoms with van der Waals surface area (Å²) in [4.78, 5) is 52.3. The van der Waals surface area contributed by atoms with E-state index < -0.39 is 106 Å². The number of nitrogens with one attached hydrogen (secondary N) is 1. The molecule has 0 radical (unpaired) electrons. The minimum Gasteiger partial charge on any atom is -0.477 e. The highest BCUT2D eigenvalue weighted by atomic mass is 31.2. The van der Waals surface area contributed by atoms with Crippen molar-refractivity contribution in [3.63, 3.8) is 0 Å². The van der Waals surface area contributed by atoms with Gasteiger partial charge in [0.15, 0.2) is 6.23 Å². The molecule has 11 atom stereocenters. The Morgan fingerprint density at radius 1 is 1.37 bits per heavy atom. The summed E-state index contributed by atoms with van der Waals surface area (Å²) in [5.41, 5.74) is 12.9. The maximum atomic E-state index is 12.9. The van der Waals surface area contributed by atoms with Crippen LogP contribution in [0.15, 0.2) is 22.2 Å². The highest BCUT2D eigenvalue weighted by Crippen LogP contribution is 2.51. The number of carboxylic acid groups (broad SMARTS) is 1. The van der Waals surface area contributed by atoms with Crippen molar-refractivity contribution >= 4 is 25.5 Å². The van der Waals surface area contributed by atoms with Gasteiger partial charge in [0.1, 0.15) is 36.3 Å². The van der Waals surface area contributed by atoms with Gasteiger partial charge in [0.2, 0.25) is 5.91 Å². The predicted molar refractivity (Wildman–Crippen MR) is 135 cm³/mol. The molecule has 2 fully saturated rings. The number of carbonyl (C=O) groups is 2. The van der Waals surface area contributed by atoms with Crippen LogP contribution in [0.25, 0.3) is 10.4 Å². The molecule has 1 amide bonds. The minimum absolute atomic E-state index is 0.140. The summed E-state index contributed by atoms with van der Waals surface area (Å²) in [5.74, 6) is -6.25. The number of ether oxygens (including phenoxy) is 2. The Kier molecular flexibility index (Phi) is 10.8. The molecule has 2 aliphatic heterocycles. The second-order valence-electron chi connectivity index (χ2n) is 9.55. The lowest BCUT2D eigenvalue weighted by Gasteiger charge is -2.46. The quantitative estimate of drug-likeness (QED) is 0.0456. The van der Waals surface area contributed by atoms with E-state index >= 15 is 0 Å². The Bertz CT molecular complexity index is 1340. The second kappa shape index (κ2) is 13.6. The number of phosphoric acid groups is 1. The van der Waals surface area contributed by atoms with Crippen LogP contribution < -0.4 is 16.7 Å². The van der Waals surface area contributed by atoms with E-state index in [1.807, 2.05) is 0 Å². The van der Waals surface area contributed by atoms with Crippen molar-refractivity contribution in [2.45, 2.75) is 74.1 Å². The normalized spacial score (nSPS) is 33.5. The predicted octanol–water partition coefficient (Wildman–Crippen LogP) is -3.95. The number of nitrogens with zero attached hydrogens (tertiary/aromatic N) is 5. The van der Waals surface area contributed by atoms with Gasteiger partial charge in [-0.05, 0) is 11.6 Å². The molecule has 2 saturated heterocycles. The van der Waals surface area contributed by atoms with Crippen LogP contribution in [0.5, 0.6) is 0 Å². The highest BCUT2D eigenvalue weighted by molar-refractivity contribution is 7.47. The number of aliphatic hydroxyl groups excluding tert-OH is 5. The van der Waals surface area contributed by atoms with Crippen molar-refractivity contribution < 1.29 is 68.2 Å². The summed E-state index contributed by atoms with van der Waals surface area (Å²) >= 11 is 0. The molecule has 10 N–H and O–H groups in total. The minimum atomic E-state index is -5.54. The SMILES string of the molecule is CC(=O)NC1C(O)CC(OP(=O)(O)OCC2OC(n3ccc(N)nc3=O)C(O)C2O)(C(=O)O)OC1C(O)C(O)CN=[N+]=[N-]. The van der Waals surface area contributed by atoms with Crippen LogP contribution in [0.2, 0.25) is 0 Å². The molecule has 0 aliphatic carbocycles. The number of carboxylic acids is 1. The Morgan fingerprint density at radius 2 is 2.05 bits per heavy atom. The summed E-state index contributed by atoms with van der Waals surface area (Å²) in [5, 5.41) is 67.3. The van der Waals surface area contributed by atoms with Gasteiger partial charge >= 0.3 is 19.5 Å². The summed E-state index contributed by atoms with van der Waals surface area (Å²) < 4.78 is 33.9. The number of aromatic nitrogens is 2. The van der Waals surface area contributed by atoms with Crippen molar-refractivity contribution in [1.29, 1.82) is 0 Å². The third-order valence-electron chi connectivity index (χ3n) is 6.46. The Labute approximate surface area is 240 Å². The molecular weight excluding hydrogens is 609 g/mol. The van der Waals surface area contributed by atoms with Crippen LogP contribution in [0, 0.1) is 0 Å². The highest BCUT2D eigenvalue weighted by Gasteiger charge is 2.59. The molecule has 43 heavy (non-hydrogen) atoms. The molecule has 0 bridgehead atoms. The van der Waals surface area contributed by atoms with Gasteiger partial charge in [0, 0.05) is 24.5 Å². The molecule has 22 nitrogen and oxygen atoms in total. The smallest absolute Gasteiger partial charge is 0.475 e. The number of carbonyl (C=O) groups excluding carboxylic acids is 1. The fraction of sp³-hybridized carbons (Fsp3) is 0.700. The average molecular weight is 639 g/mol. The van der Waals surface area contributed by atoms with Crippen LogP contribution >= 0.6 is 7.82 Å². The lowest BCUT2D eigenvalue weighted by molar-refractivity contribution is -0.287. The van der Waals surface area contributed by atoms with E-state index in [9.17, 15) is 54.5 Å². The topological polar surface area (TPSA) is 351 Å². The number of amides is 1. The zero-order valence-electron chi connectivity index (χ0n) is 22.1. The third kappa shape index (κ3) is 7.84. The zero-order valence-corrected chi connectivity index (χ0v) is 23.0. The summed E-state index contributed by atoms with van der Waals surface area (Å²) in [6, 6.07) is -0.390. The molecule has 1 aromatic rings. The van der Waals surface area contributed by atoms with Gasteiger partial charge in [-0.15, -0.1) is 0 Å². The van der Waals surface area contributed by atoms with Gasteiger partial charge in [0.25, 0.3) is 5.79 Å². The Morgan fingerprint density at radius 3 is 2.63 bits per heavy atom. The van der Waals surface area contributed by atoms with Crippen LogP contribution in [0.3, 0.4) is 0 Å². The van der Waals surface area contributed by atoms with E-state index in [4.69, 9.17) is 29.8 Å². The van der Waals surface area contributed by atoms with E-state index in [1.54, 1.807) is 0 Å². The van der Waals surface area contributed by atoms with Gasteiger partial charge in [-0.2, -0.15) is 4.98 Å². The molecular formula is C20H30N7O15P. The average Bonchev–Trinajstić information content (AvgIpc) is 3.19. The number of aliphatic hydroxyl groups is 5. The van der Waals surface area contributed by atoms with Gasteiger partial charge in [0.05, 0.1) is 31.4 Å². The molecule has 0 aromatic carbocycles. The maximum absolute atomic E-state index is 12.9. The maximum Gasteiger partial charge on any atom is 0.475 e. The Balaban J connectivity index is 1.80. The van der Waals surface area contributed by atoms with E-state index in [-0.39, 0.29) is 5.82 Å².